The molecule has 3 amide bonds. The molecule has 3 aliphatic rings. The second-order valence-electron chi connectivity index (χ2n) is 12.7. The molecule has 5 rings (SSSR count). The summed E-state index contributed by atoms with van der Waals surface area (Å²) in [5.74, 6) is 2.33. The second kappa shape index (κ2) is 10.6. The van der Waals surface area contributed by atoms with Gasteiger partial charge in [-0.05, 0) is 61.9 Å². The minimum absolute atomic E-state index is 0.0236. The molecule has 0 radical (unpaired) electrons. The molecular formula is C29H42N8O3. The Balaban J connectivity index is 1.16. The van der Waals surface area contributed by atoms with E-state index in [1.54, 1.807) is 35.9 Å². The van der Waals surface area contributed by atoms with E-state index in [0.717, 1.165) is 43.9 Å². The third kappa shape index (κ3) is 5.77. The quantitative estimate of drug-likeness (QED) is 0.468. The highest BCUT2D eigenvalue weighted by molar-refractivity contribution is 5.89. The van der Waals surface area contributed by atoms with Crippen LogP contribution in [-0.4, -0.2) is 94.1 Å². The van der Waals surface area contributed by atoms with Crippen LogP contribution in [0.1, 0.15) is 33.3 Å². The first-order valence-electron chi connectivity index (χ1n) is 14.1. The van der Waals surface area contributed by atoms with Crippen LogP contribution < -0.4 is 22.5 Å². The normalized spacial score (nSPS) is 23.2. The molecule has 1 aliphatic carbocycles. The van der Waals surface area contributed by atoms with Gasteiger partial charge in [0.05, 0.1) is 11.2 Å². The zero-order valence-corrected chi connectivity index (χ0v) is 24.0. The first-order chi connectivity index (χ1) is 18.9. The molecule has 3 heterocycles. The predicted molar refractivity (Wildman–Crippen MR) is 154 cm³/mol. The molecule has 1 aromatic carbocycles. The van der Waals surface area contributed by atoms with Crippen molar-refractivity contribution in [2.75, 3.05) is 57.7 Å². The number of anilines is 1. The zero-order chi connectivity index (χ0) is 28.8. The lowest BCUT2D eigenvalue weighted by Crippen LogP contribution is -2.58. The lowest BCUT2D eigenvalue weighted by atomic mass is 9.84. The highest BCUT2D eigenvalue weighted by Gasteiger charge is 2.54. The van der Waals surface area contributed by atoms with E-state index in [2.05, 4.69) is 41.2 Å². The fourth-order valence-electron chi connectivity index (χ4n) is 6.32. The van der Waals surface area contributed by atoms with E-state index < -0.39 is 11.2 Å². The van der Waals surface area contributed by atoms with E-state index in [1.165, 1.54) is 10.1 Å². The summed E-state index contributed by atoms with van der Waals surface area (Å²) in [5.41, 5.74) is 12.3. The molecule has 2 aromatic rings. The van der Waals surface area contributed by atoms with Gasteiger partial charge in [0.1, 0.15) is 5.82 Å². The third-order valence-corrected chi connectivity index (χ3v) is 8.71. The summed E-state index contributed by atoms with van der Waals surface area (Å²) in [6.07, 6.45) is 1.62. The number of piperazine rings is 1. The minimum Gasteiger partial charge on any atom is -0.338 e. The van der Waals surface area contributed by atoms with Crippen LogP contribution in [0.15, 0.2) is 41.3 Å². The molecule has 11 heteroatoms. The number of piperidine rings is 1. The van der Waals surface area contributed by atoms with Gasteiger partial charge in [-0.2, -0.15) is 4.98 Å². The van der Waals surface area contributed by atoms with E-state index in [4.69, 9.17) is 11.5 Å². The van der Waals surface area contributed by atoms with Crippen LogP contribution in [0.3, 0.4) is 0 Å². The van der Waals surface area contributed by atoms with Crippen LogP contribution in [0.2, 0.25) is 0 Å². The summed E-state index contributed by atoms with van der Waals surface area (Å²) in [6.45, 7) is 13.5. The number of nitrogens with two attached hydrogens (primary N) is 2. The molecule has 0 spiro atoms. The second-order valence-corrected chi connectivity index (χ2v) is 12.7. The lowest BCUT2D eigenvalue weighted by Gasteiger charge is -2.37. The molecule has 216 valence electrons. The number of amides is 3. The Labute approximate surface area is 235 Å². The van der Waals surface area contributed by atoms with Crippen molar-refractivity contribution in [2.24, 2.45) is 29.2 Å². The fraction of sp³-hybridized carbons (Fsp3) is 0.586. The van der Waals surface area contributed by atoms with Crippen molar-refractivity contribution < 1.29 is 9.59 Å². The number of likely N-dealkylation sites (tertiary alicyclic amines) is 1. The summed E-state index contributed by atoms with van der Waals surface area (Å²) in [4.78, 5) is 47.8. The summed E-state index contributed by atoms with van der Waals surface area (Å²) in [7, 11) is 0. The van der Waals surface area contributed by atoms with Gasteiger partial charge in [0.25, 0.3) is 0 Å². The van der Waals surface area contributed by atoms with Gasteiger partial charge in [-0.1, -0.05) is 26.0 Å². The first-order valence-corrected chi connectivity index (χ1v) is 14.1. The Bertz CT molecular complexity index is 1300. The standard InChI is InChI=1S/C29H42N8O3/c1-28(2,18-34-16-22-21(15-30)23(22)17-34)19-5-7-20(8-6-19)37-10-9-24(33-27(37)40)32-26(39)36-13-11-35(12-14-36)25(38)29(3,4)31/h5-10,21-23H,11-18,30-31H2,1-4H3,(H,32,33,39,40). The Hall–Kier alpha value is -3.28. The maximum Gasteiger partial charge on any atom is 0.354 e. The van der Waals surface area contributed by atoms with Crippen LogP contribution in [0.5, 0.6) is 0 Å². The van der Waals surface area contributed by atoms with Gasteiger partial charge in [-0.15, -0.1) is 0 Å². The lowest BCUT2D eigenvalue weighted by molar-refractivity contribution is -0.137. The Morgan fingerprint density at radius 2 is 1.57 bits per heavy atom. The Kier molecular flexibility index (Phi) is 7.49. The number of benzene rings is 1. The molecule has 5 N–H and O–H groups in total. The van der Waals surface area contributed by atoms with Crippen LogP contribution >= 0.6 is 0 Å². The van der Waals surface area contributed by atoms with Crippen molar-refractivity contribution in [3.05, 3.63) is 52.6 Å². The maximum atomic E-state index is 12.8. The first kappa shape index (κ1) is 28.3. The van der Waals surface area contributed by atoms with Gasteiger partial charge in [-0.25, -0.2) is 9.59 Å². The van der Waals surface area contributed by atoms with E-state index in [9.17, 15) is 14.4 Å². The van der Waals surface area contributed by atoms with Crippen molar-refractivity contribution in [3.8, 4) is 5.69 Å². The highest BCUT2D eigenvalue weighted by Crippen LogP contribution is 2.51. The van der Waals surface area contributed by atoms with Crippen molar-refractivity contribution in [2.45, 2.75) is 38.6 Å². The number of hydrogen-bond donors (Lipinski definition) is 3. The SMILES string of the molecule is CC(C)(N)C(=O)N1CCN(C(=O)Nc2ccn(-c3ccc(C(C)(C)CN4CC5C(CN)C5C4)cc3)c(=O)n2)CC1. The molecule has 11 nitrogen and oxygen atoms in total. The molecule has 2 saturated heterocycles. The van der Waals surface area contributed by atoms with Crippen LogP contribution in [0, 0.1) is 17.8 Å². The number of hydrogen-bond acceptors (Lipinski definition) is 7. The van der Waals surface area contributed by atoms with Gasteiger partial charge >= 0.3 is 11.7 Å². The molecule has 0 bridgehead atoms. The minimum atomic E-state index is -0.947. The summed E-state index contributed by atoms with van der Waals surface area (Å²) >= 11 is 0. The van der Waals surface area contributed by atoms with E-state index in [1.807, 2.05) is 12.1 Å². The smallest absolute Gasteiger partial charge is 0.338 e. The molecule has 2 atom stereocenters. The molecule has 1 aromatic heterocycles. The van der Waals surface area contributed by atoms with Gasteiger partial charge in [0, 0.05) is 57.4 Å². The molecule has 1 saturated carbocycles. The van der Waals surface area contributed by atoms with Crippen LogP contribution in [-0.2, 0) is 10.2 Å². The number of carbonyl (C=O) groups is 2. The van der Waals surface area contributed by atoms with E-state index in [0.29, 0.717) is 31.9 Å². The number of fused-ring (bicyclic) bond motifs is 1. The van der Waals surface area contributed by atoms with Gasteiger partial charge in [0.15, 0.2) is 0 Å². The number of nitrogens with one attached hydrogen (secondary N) is 1. The van der Waals surface area contributed by atoms with Gasteiger partial charge < -0.3 is 26.2 Å². The topological polar surface area (TPSA) is 143 Å². The fourth-order valence-corrected chi connectivity index (χ4v) is 6.32. The number of urea groups is 1. The number of rotatable bonds is 7. The molecule has 2 unspecified atom stereocenters. The van der Waals surface area contributed by atoms with Crippen molar-refractivity contribution in [1.82, 2.24) is 24.3 Å². The summed E-state index contributed by atoms with van der Waals surface area (Å²) in [5, 5.41) is 2.70. The maximum absolute atomic E-state index is 12.8. The molecular weight excluding hydrogens is 508 g/mol. The molecule has 3 fully saturated rings. The Morgan fingerprint density at radius 1 is 0.975 bits per heavy atom. The van der Waals surface area contributed by atoms with Crippen molar-refractivity contribution >= 4 is 17.8 Å². The van der Waals surface area contributed by atoms with Crippen LogP contribution in [0.25, 0.3) is 5.69 Å². The number of nitrogens with zero attached hydrogens (tertiary/aromatic N) is 5. The molecule has 2 aliphatic heterocycles. The van der Waals surface area contributed by atoms with Crippen LogP contribution in [0.4, 0.5) is 10.6 Å². The van der Waals surface area contributed by atoms with Crippen molar-refractivity contribution in [1.29, 1.82) is 0 Å². The monoisotopic (exact) mass is 550 g/mol. The van der Waals surface area contributed by atoms with Gasteiger partial charge in [0.2, 0.25) is 5.91 Å². The average molecular weight is 551 g/mol. The third-order valence-electron chi connectivity index (χ3n) is 8.71. The largest absolute Gasteiger partial charge is 0.354 e. The summed E-state index contributed by atoms with van der Waals surface area (Å²) < 4.78 is 1.46. The highest BCUT2D eigenvalue weighted by atomic mass is 16.2. The van der Waals surface area contributed by atoms with E-state index >= 15 is 0 Å². The Morgan fingerprint density at radius 3 is 2.12 bits per heavy atom. The van der Waals surface area contributed by atoms with Crippen molar-refractivity contribution in [3.63, 3.8) is 0 Å². The van der Waals surface area contributed by atoms with Gasteiger partial charge in [-0.3, -0.25) is 14.7 Å². The molecule has 40 heavy (non-hydrogen) atoms. The zero-order valence-electron chi connectivity index (χ0n) is 24.0. The number of carbonyl (C=O) groups excluding carboxylic acids is 2. The predicted octanol–water partition coefficient (Wildman–Crippen LogP) is 1.06. The number of aromatic nitrogens is 2. The van der Waals surface area contributed by atoms with E-state index in [-0.39, 0.29) is 23.2 Å². The average Bonchev–Trinajstić information content (AvgIpc) is 3.40. The summed E-state index contributed by atoms with van der Waals surface area (Å²) in [6, 6.07) is 9.28.